The Morgan fingerprint density at radius 2 is 1.94 bits per heavy atom. The van der Waals surface area contributed by atoms with Gasteiger partial charge in [0, 0.05) is 0 Å². The molecule has 1 aliphatic rings. The van der Waals surface area contributed by atoms with Crippen molar-refractivity contribution in [2.45, 2.75) is 20.0 Å². The van der Waals surface area contributed by atoms with Crippen LogP contribution in [0.15, 0.2) is 42.5 Å². The summed E-state index contributed by atoms with van der Waals surface area (Å²) >= 11 is 0. The van der Waals surface area contributed by atoms with Crippen molar-refractivity contribution < 1.29 is 4.74 Å². The van der Waals surface area contributed by atoms with Gasteiger partial charge in [0.25, 0.3) is 0 Å². The molecule has 2 aromatic rings. The smallest absolute Gasteiger partial charge is 0.143 e. The van der Waals surface area contributed by atoms with Crippen molar-refractivity contribution in [2.75, 3.05) is 11.9 Å². The molecule has 2 aromatic carbocycles. The van der Waals surface area contributed by atoms with E-state index in [1.54, 1.807) is 0 Å². The Morgan fingerprint density at radius 1 is 1.11 bits per heavy atom. The van der Waals surface area contributed by atoms with Gasteiger partial charge in [-0.2, -0.15) is 0 Å². The Hall–Kier alpha value is -1.96. The van der Waals surface area contributed by atoms with E-state index in [-0.39, 0.29) is 6.10 Å². The molecule has 0 bridgehead atoms. The molecule has 0 aliphatic carbocycles. The maximum Gasteiger partial charge on any atom is 0.143 e. The number of nitrogens with one attached hydrogen (secondary N) is 1. The highest BCUT2D eigenvalue weighted by Gasteiger charge is 2.21. The number of para-hydroxylation sites is 2. The lowest BCUT2D eigenvalue weighted by Crippen LogP contribution is -2.24. The zero-order valence-electron chi connectivity index (χ0n) is 10.7. The highest BCUT2D eigenvalue weighted by molar-refractivity contribution is 5.58. The molecule has 1 unspecified atom stereocenters. The van der Waals surface area contributed by atoms with E-state index in [0.29, 0.717) is 0 Å². The van der Waals surface area contributed by atoms with Crippen LogP contribution in [0, 0.1) is 13.8 Å². The Balaban J connectivity index is 1.92. The number of benzene rings is 2. The first kappa shape index (κ1) is 11.1. The molecule has 1 heterocycles. The summed E-state index contributed by atoms with van der Waals surface area (Å²) in [4.78, 5) is 0. The molecule has 0 saturated heterocycles. The lowest BCUT2D eigenvalue weighted by atomic mass is 10.00. The van der Waals surface area contributed by atoms with Gasteiger partial charge in [0.1, 0.15) is 11.9 Å². The monoisotopic (exact) mass is 239 g/mol. The van der Waals surface area contributed by atoms with E-state index < -0.39 is 0 Å². The molecule has 1 aliphatic heterocycles. The van der Waals surface area contributed by atoms with Crippen LogP contribution in [0.3, 0.4) is 0 Å². The lowest BCUT2D eigenvalue weighted by Gasteiger charge is -2.28. The van der Waals surface area contributed by atoms with Crippen LogP contribution in [0.2, 0.25) is 0 Å². The molecular weight excluding hydrogens is 222 g/mol. The molecule has 0 aromatic heterocycles. The third-order valence-corrected chi connectivity index (χ3v) is 3.41. The van der Waals surface area contributed by atoms with Crippen molar-refractivity contribution in [3.05, 3.63) is 59.2 Å². The molecule has 0 spiro atoms. The van der Waals surface area contributed by atoms with Crippen molar-refractivity contribution in [1.29, 1.82) is 0 Å². The summed E-state index contributed by atoms with van der Waals surface area (Å²) in [6.07, 6.45) is 0.0977. The van der Waals surface area contributed by atoms with Crippen molar-refractivity contribution in [1.82, 2.24) is 0 Å². The van der Waals surface area contributed by atoms with E-state index in [4.69, 9.17) is 4.74 Å². The summed E-state index contributed by atoms with van der Waals surface area (Å²) in [6, 6.07) is 14.6. The highest BCUT2D eigenvalue weighted by Crippen LogP contribution is 2.34. The SMILES string of the molecule is Cc1ccc(C2CNc3ccccc3O2)c(C)c1. The molecular formula is C16H17NO. The van der Waals surface area contributed by atoms with Crippen LogP contribution in [-0.2, 0) is 0 Å². The molecule has 2 nitrogen and oxygen atoms in total. The Morgan fingerprint density at radius 3 is 2.78 bits per heavy atom. The minimum absolute atomic E-state index is 0.0977. The van der Waals surface area contributed by atoms with Crippen molar-refractivity contribution in [3.63, 3.8) is 0 Å². The maximum absolute atomic E-state index is 6.08. The second-order valence-electron chi connectivity index (χ2n) is 4.84. The normalized spacial score (nSPS) is 17.6. The molecule has 3 rings (SSSR count). The summed E-state index contributed by atoms with van der Waals surface area (Å²) < 4.78 is 6.08. The van der Waals surface area contributed by atoms with Gasteiger partial charge in [-0.3, -0.25) is 0 Å². The molecule has 2 heteroatoms. The van der Waals surface area contributed by atoms with Gasteiger partial charge in [-0.1, -0.05) is 35.9 Å². The largest absolute Gasteiger partial charge is 0.482 e. The second-order valence-corrected chi connectivity index (χ2v) is 4.84. The molecule has 1 N–H and O–H groups in total. The average molecular weight is 239 g/mol. The van der Waals surface area contributed by atoms with Crippen molar-refractivity contribution >= 4 is 5.69 Å². The van der Waals surface area contributed by atoms with Gasteiger partial charge in [-0.05, 0) is 37.1 Å². The number of hydrogen-bond acceptors (Lipinski definition) is 2. The first-order chi connectivity index (χ1) is 8.74. The van der Waals surface area contributed by atoms with Crippen molar-refractivity contribution in [3.8, 4) is 5.75 Å². The van der Waals surface area contributed by atoms with E-state index in [0.717, 1.165) is 18.0 Å². The fourth-order valence-electron chi connectivity index (χ4n) is 2.47. The molecule has 0 radical (unpaired) electrons. The van der Waals surface area contributed by atoms with Crippen LogP contribution in [0.1, 0.15) is 22.8 Å². The first-order valence-electron chi connectivity index (χ1n) is 6.31. The third-order valence-electron chi connectivity index (χ3n) is 3.41. The highest BCUT2D eigenvalue weighted by atomic mass is 16.5. The predicted molar refractivity (Wildman–Crippen MR) is 74.2 cm³/mol. The van der Waals surface area contributed by atoms with Crippen LogP contribution in [-0.4, -0.2) is 6.54 Å². The van der Waals surface area contributed by atoms with Gasteiger partial charge >= 0.3 is 0 Å². The lowest BCUT2D eigenvalue weighted by molar-refractivity contribution is 0.210. The van der Waals surface area contributed by atoms with Gasteiger partial charge in [-0.15, -0.1) is 0 Å². The minimum Gasteiger partial charge on any atom is -0.482 e. The molecule has 18 heavy (non-hydrogen) atoms. The number of rotatable bonds is 1. The number of aryl methyl sites for hydroxylation is 2. The standard InChI is InChI=1S/C16H17NO/c1-11-7-8-13(12(2)9-11)16-10-17-14-5-3-4-6-15(14)18-16/h3-9,16-17H,10H2,1-2H3. The van der Waals surface area contributed by atoms with Crippen LogP contribution < -0.4 is 10.1 Å². The molecule has 0 fully saturated rings. The Kier molecular flexibility index (Phi) is 2.71. The summed E-state index contributed by atoms with van der Waals surface area (Å²) in [6.45, 7) is 5.08. The van der Waals surface area contributed by atoms with Crippen LogP contribution >= 0.6 is 0 Å². The zero-order valence-corrected chi connectivity index (χ0v) is 10.7. The average Bonchev–Trinajstić information content (AvgIpc) is 2.38. The zero-order chi connectivity index (χ0) is 12.5. The van der Waals surface area contributed by atoms with Gasteiger partial charge in [0.2, 0.25) is 0 Å². The summed E-state index contributed by atoms with van der Waals surface area (Å²) in [5.74, 6) is 0.939. The van der Waals surface area contributed by atoms with Crippen LogP contribution in [0.4, 0.5) is 5.69 Å². The third kappa shape index (κ3) is 1.94. The van der Waals surface area contributed by atoms with E-state index >= 15 is 0 Å². The fourth-order valence-corrected chi connectivity index (χ4v) is 2.47. The van der Waals surface area contributed by atoms with E-state index in [1.165, 1.54) is 16.7 Å². The summed E-state index contributed by atoms with van der Waals surface area (Å²) in [7, 11) is 0. The molecule has 0 amide bonds. The maximum atomic E-state index is 6.08. The Bertz CT molecular complexity index is 577. The Labute approximate surface area is 108 Å². The summed E-state index contributed by atoms with van der Waals surface area (Å²) in [5, 5.41) is 3.43. The number of ether oxygens (including phenoxy) is 1. The number of anilines is 1. The van der Waals surface area contributed by atoms with E-state index in [2.05, 4.69) is 37.4 Å². The van der Waals surface area contributed by atoms with Gasteiger partial charge < -0.3 is 10.1 Å². The van der Waals surface area contributed by atoms with Gasteiger partial charge in [0.05, 0.1) is 12.2 Å². The predicted octanol–water partition coefficient (Wildman–Crippen LogP) is 3.85. The molecule has 0 saturated carbocycles. The van der Waals surface area contributed by atoms with E-state index in [1.807, 2.05) is 24.3 Å². The quantitative estimate of drug-likeness (QED) is 0.816. The van der Waals surface area contributed by atoms with Gasteiger partial charge in [-0.25, -0.2) is 0 Å². The molecule has 92 valence electrons. The van der Waals surface area contributed by atoms with Crippen LogP contribution in [0.5, 0.6) is 5.75 Å². The molecule has 1 atom stereocenters. The minimum atomic E-state index is 0.0977. The van der Waals surface area contributed by atoms with Crippen molar-refractivity contribution in [2.24, 2.45) is 0 Å². The number of fused-ring (bicyclic) bond motifs is 1. The fraction of sp³-hybridized carbons (Fsp3) is 0.250. The first-order valence-corrected chi connectivity index (χ1v) is 6.31. The van der Waals surface area contributed by atoms with Crippen LogP contribution in [0.25, 0.3) is 0 Å². The topological polar surface area (TPSA) is 21.3 Å². The summed E-state index contributed by atoms with van der Waals surface area (Å²) in [5.41, 5.74) is 4.93. The van der Waals surface area contributed by atoms with E-state index in [9.17, 15) is 0 Å². The number of hydrogen-bond donors (Lipinski definition) is 1. The van der Waals surface area contributed by atoms with Gasteiger partial charge in [0.15, 0.2) is 0 Å². The second kappa shape index (κ2) is 4.37.